The fourth-order valence-electron chi connectivity index (χ4n) is 3.56. The first-order valence-electron chi connectivity index (χ1n) is 9.17. The first-order chi connectivity index (χ1) is 13.5. The average molecular weight is 376 g/mol. The molecule has 0 saturated carbocycles. The van der Waals surface area contributed by atoms with Gasteiger partial charge in [-0.25, -0.2) is 9.37 Å². The van der Waals surface area contributed by atoms with Gasteiger partial charge in [0.25, 0.3) is 5.91 Å². The molecular weight excluding hydrogens is 355 g/mol. The lowest BCUT2D eigenvalue weighted by molar-refractivity contribution is 0.0954. The van der Waals surface area contributed by atoms with Crippen LogP contribution >= 0.6 is 0 Å². The number of fused-ring (bicyclic) bond motifs is 1. The molecule has 28 heavy (non-hydrogen) atoms. The topological polar surface area (TPSA) is 62.7 Å². The first kappa shape index (κ1) is 18.0. The number of nitrogens with zero attached hydrogens (tertiary/aromatic N) is 2. The monoisotopic (exact) mass is 376 g/mol. The molecule has 0 bridgehead atoms. The fraction of sp³-hybridized carbons (Fsp3) is 0.182. The van der Waals surface area contributed by atoms with Crippen molar-refractivity contribution in [2.24, 2.45) is 0 Å². The summed E-state index contributed by atoms with van der Waals surface area (Å²) < 4.78 is 15.9. The number of aromatic amines is 1. The van der Waals surface area contributed by atoms with Gasteiger partial charge in [0.15, 0.2) is 0 Å². The smallest absolute Gasteiger partial charge is 0.251 e. The van der Waals surface area contributed by atoms with Gasteiger partial charge in [0.2, 0.25) is 0 Å². The van der Waals surface area contributed by atoms with Crippen molar-refractivity contribution in [3.63, 3.8) is 0 Å². The van der Waals surface area contributed by atoms with Crippen LogP contribution in [0.25, 0.3) is 16.6 Å². The SMILES string of the molecule is Cc1[nH]c2c(F)ccc(C)c2c1CCNC(=O)c1ccc(-n2ccnc2)cc1. The average Bonchev–Trinajstić information content (AvgIpc) is 3.34. The minimum atomic E-state index is -0.253. The lowest BCUT2D eigenvalue weighted by Gasteiger charge is -2.08. The third-order valence-electron chi connectivity index (χ3n) is 5.02. The van der Waals surface area contributed by atoms with Crippen molar-refractivity contribution in [3.05, 3.63) is 83.3 Å². The van der Waals surface area contributed by atoms with E-state index >= 15 is 0 Å². The van der Waals surface area contributed by atoms with E-state index in [9.17, 15) is 9.18 Å². The normalized spacial score (nSPS) is 11.1. The maximum atomic E-state index is 14.1. The largest absolute Gasteiger partial charge is 0.356 e. The van der Waals surface area contributed by atoms with E-state index in [2.05, 4.69) is 15.3 Å². The van der Waals surface area contributed by atoms with Gasteiger partial charge in [-0.2, -0.15) is 0 Å². The molecule has 0 aliphatic rings. The first-order valence-corrected chi connectivity index (χ1v) is 9.17. The van der Waals surface area contributed by atoms with Gasteiger partial charge in [-0.1, -0.05) is 6.07 Å². The molecule has 1 amide bonds. The summed E-state index contributed by atoms with van der Waals surface area (Å²) in [5, 5.41) is 3.87. The number of rotatable bonds is 5. The Bertz CT molecular complexity index is 1130. The minimum Gasteiger partial charge on any atom is -0.356 e. The summed E-state index contributed by atoms with van der Waals surface area (Å²) in [5.41, 5.74) is 5.08. The van der Waals surface area contributed by atoms with Crippen LogP contribution in [-0.2, 0) is 6.42 Å². The Morgan fingerprint density at radius 2 is 1.96 bits per heavy atom. The number of hydrogen-bond acceptors (Lipinski definition) is 2. The maximum Gasteiger partial charge on any atom is 0.251 e. The summed E-state index contributed by atoms with van der Waals surface area (Å²) in [7, 11) is 0. The van der Waals surface area contributed by atoms with Crippen LogP contribution in [0.1, 0.15) is 27.2 Å². The van der Waals surface area contributed by atoms with E-state index in [0.29, 0.717) is 24.0 Å². The van der Waals surface area contributed by atoms with E-state index in [1.165, 1.54) is 6.07 Å². The molecule has 0 spiro atoms. The molecule has 142 valence electrons. The number of aryl methyl sites for hydroxylation is 2. The van der Waals surface area contributed by atoms with E-state index in [-0.39, 0.29) is 11.7 Å². The van der Waals surface area contributed by atoms with Crippen molar-refractivity contribution in [1.29, 1.82) is 0 Å². The molecule has 2 aromatic heterocycles. The molecule has 0 fully saturated rings. The zero-order valence-electron chi connectivity index (χ0n) is 15.8. The summed E-state index contributed by atoms with van der Waals surface area (Å²) in [6.07, 6.45) is 5.91. The van der Waals surface area contributed by atoms with Crippen molar-refractivity contribution in [2.45, 2.75) is 20.3 Å². The van der Waals surface area contributed by atoms with Gasteiger partial charge in [-0.3, -0.25) is 4.79 Å². The Morgan fingerprint density at radius 1 is 1.18 bits per heavy atom. The van der Waals surface area contributed by atoms with Crippen LogP contribution in [0, 0.1) is 19.7 Å². The number of imidazole rings is 1. The van der Waals surface area contributed by atoms with Gasteiger partial charge in [0.05, 0.1) is 11.8 Å². The number of carbonyl (C=O) groups excluding carboxylic acids is 1. The van der Waals surface area contributed by atoms with Crippen LogP contribution in [0.2, 0.25) is 0 Å². The van der Waals surface area contributed by atoms with E-state index in [1.807, 2.05) is 36.7 Å². The van der Waals surface area contributed by atoms with Crippen molar-refractivity contribution in [2.75, 3.05) is 6.54 Å². The highest BCUT2D eigenvalue weighted by atomic mass is 19.1. The van der Waals surface area contributed by atoms with Crippen LogP contribution < -0.4 is 5.32 Å². The molecule has 4 aromatic rings. The number of hydrogen-bond donors (Lipinski definition) is 2. The number of amides is 1. The number of aromatic nitrogens is 3. The molecule has 2 N–H and O–H groups in total. The van der Waals surface area contributed by atoms with Crippen LogP contribution in [-0.4, -0.2) is 27.0 Å². The van der Waals surface area contributed by atoms with Gasteiger partial charge in [-0.15, -0.1) is 0 Å². The van der Waals surface area contributed by atoms with Gasteiger partial charge < -0.3 is 14.9 Å². The molecular formula is C22H21FN4O. The predicted molar refractivity (Wildman–Crippen MR) is 107 cm³/mol. The van der Waals surface area contributed by atoms with Gasteiger partial charge >= 0.3 is 0 Å². The second-order valence-electron chi connectivity index (χ2n) is 6.87. The fourth-order valence-corrected chi connectivity index (χ4v) is 3.56. The lowest BCUT2D eigenvalue weighted by atomic mass is 10.0. The molecule has 4 rings (SSSR count). The van der Waals surface area contributed by atoms with E-state index in [0.717, 1.165) is 27.9 Å². The van der Waals surface area contributed by atoms with Gasteiger partial charge in [0, 0.05) is 41.3 Å². The van der Waals surface area contributed by atoms with Crippen molar-refractivity contribution < 1.29 is 9.18 Å². The minimum absolute atomic E-state index is 0.127. The molecule has 5 nitrogen and oxygen atoms in total. The van der Waals surface area contributed by atoms with Crippen LogP contribution in [0.3, 0.4) is 0 Å². The van der Waals surface area contributed by atoms with Crippen LogP contribution in [0.15, 0.2) is 55.1 Å². The molecule has 2 aromatic carbocycles. The van der Waals surface area contributed by atoms with Crippen molar-refractivity contribution >= 4 is 16.8 Å². The summed E-state index contributed by atoms with van der Waals surface area (Å²) >= 11 is 0. The zero-order chi connectivity index (χ0) is 19.7. The standard InChI is InChI=1S/C22H21FN4O/c1-14-3-8-19(23)21-20(14)18(15(2)26-21)9-10-25-22(28)16-4-6-17(7-5-16)27-12-11-24-13-27/h3-8,11-13,26H,9-10H2,1-2H3,(H,25,28). The van der Waals surface area contributed by atoms with Gasteiger partial charge in [-0.05, 0) is 61.7 Å². The molecule has 0 unspecified atom stereocenters. The Morgan fingerprint density at radius 3 is 2.68 bits per heavy atom. The molecule has 0 aliphatic carbocycles. The van der Waals surface area contributed by atoms with Crippen molar-refractivity contribution in [1.82, 2.24) is 19.9 Å². The molecule has 0 atom stereocenters. The molecule has 6 heteroatoms. The lowest BCUT2D eigenvalue weighted by Crippen LogP contribution is -2.25. The highest BCUT2D eigenvalue weighted by Gasteiger charge is 2.14. The number of H-pyrrole nitrogens is 1. The van der Waals surface area contributed by atoms with E-state index in [4.69, 9.17) is 0 Å². The Hall–Kier alpha value is -3.41. The van der Waals surface area contributed by atoms with E-state index in [1.54, 1.807) is 30.7 Å². The quantitative estimate of drug-likeness (QED) is 0.551. The Kier molecular flexibility index (Phi) is 4.69. The van der Waals surface area contributed by atoms with Crippen LogP contribution in [0.5, 0.6) is 0 Å². The maximum absolute atomic E-state index is 14.1. The Labute approximate surface area is 162 Å². The third kappa shape index (κ3) is 3.29. The van der Waals surface area contributed by atoms with Gasteiger partial charge in [0.1, 0.15) is 5.82 Å². The third-order valence-corrected chi connectivity index (χ3v) is 5.02. The second-order valence-corrected chi connectivity index (χ2v) is 6.87. The number of nitrogens with one attached hydrogen (secondary N) is 2. The highest BCUT2D eigenvalue weighted by molar-refractivity contribution is 5.94. The second kappa shape index (κ2) is 7.31. The molecule has 0 saturated heterocycles. The predicted octanol–water partition coefficient (Wildman–Crippen LogP) is 4.08. The molecule has 0 aliphatic heterocycles. The zero-order valence-corrected chi connectivity index (χ0v) is 15.8. The summed E-state index contributed by atoms with van der Waals surface area (Å²) in [6.45, 7) is 4.38. The summed E-state index contributed by atoms with van der Waals surface area (Å²) in [6, 6.07) is 10.6. The summed E-state index contributed by atoms with van der Waals surface area (Å²) in [4.78, 5) is 19.6. The highest BCUT2D eigenvalue weighted by Crippen LogP contribution is 2.27. The van der Waals surface area contributed by atoms with E-state index < -0.39 is 0 Å². The van der Waals surface area contributed by atoms with Crippen LogP contribution in [0.4, 0.5) is 4.39 Å². The molecule has 0 radical (unpaired) electrons. The summed E-state index contributed by atoms with van der Waals surface area (Å²) in [5.74, 6) is -0.380. The van der Waals surface area contributed by atoms with Crippen molar-refractivity contribution in [3.8, 4) is 5.69 Å². The Balaban J connectivity index is 1.44. The number of halogens is 1. The molecule has 2 heterocycles. The number of carbonyl (C=O) groups is 1. The number of benzene rings is 2.